The van der Waals surface area contributed by atoms with Crippen LogP contribution in [0.15, 0.2) is 61.1 Å². The molecule has 0 saturated carbocycles. The summed E-state index contributed by atoms with van der Waals surface area (Å²) in [6, 6.07) is 11.9. The van der Waals surface area contributed by atoms with E-state index in [0.29, 0.717) is 24.9 Å². The van der Waals surface area contributed by atoms with Crippen LogP contribution in [0.4, 0.5) is 4.39 Å². The maximum Gasteiger partial charge on any atom is 0.254 e. The molecule has 4 aromatic rings. The number of aromatic nitrogens is 4. The SMILES string of the molecule is CCc1c(C(=O)NCCc2cn3ccccc3n2)cnn1-c1ccc(F)cc1. The van der Waals surface area contributed by atoms with Gasteiger partial charge in [-0.2, -0.15) is 5.10 Å². The van der Waals surface area contributed by atoms with E-state index >= 15 is 0 Å². The number of halogens is 1. The zero-order valence-corrected chi connectivity index (χ0v) is 15.5. The van der Waals surface area contributed by atoms with Crippen LogP contribution in [0.1, 0.15) is 28.7 Å². The highest BCUT2D eigenvalue weighted by Gasteiger charge is 2.17. The first-order valence-electron chi connectivity index (χ1n) is 9.19. The Balaban J connectivity index is 1.45. The molecule has 0 fully saturated rings. The van der Waals surface area contributed by atoms with Gasteiger partial charge in [-0.25, -0.2) is 14.1 Å². The van der Waals surface area contributed by atoms with Gasteiger partial charge in [0.2, 0.25) is 0 Å². The summed E-state index contributed by atoms with van der Waals surface area (Å²) in [6.45, 7) is 2.44. The van der Waals surface area contributed by atoms with Crippen molar-refractivity contribution in [3.8, 4) is 5.69 Å². The Morgan fingerprint density at radius 2 is 2.00 bits per heavy atom. The molecule has 0 spiro atoms. The van der Waals surface area contributed by atoms with E-state index in [4.69, 9.17) is 0 Å². The van der Waals surface area contributed by atoms with Gasteiger partial charge >= 0.3 is 0 Å². The lowest BCUT2D eigenvalue weighted by molar-refractivity contribution is 0.0953. The third-order valence-electron chi connectivity index (χ3n) is 4.60. The van der Waals surface area contributed by atoms with Crippen molar-refractivity contribution in [2.75, 3.05) is 6.54 Å². The molecule has 28 heavy (non-hydrogen) atoms. The number of benzene rings is 1. The molecule has 1 N–H and O–H groups in total. The highest BCUT2D eigenvalue weighted by molar-refractivity contribution is 5.95. The van der Waals surface area contributed by atoms with E-state index in [0.717, 1.165) is 22.7 Å². The number of carbonyl (C=O) groups excluding carboxylic acids is 1. The summed E-state index contributed by atoms with van der Waals surface area (Å²) in [5, 5.41) is 7.26. The Kier molecular flexibility index (Phi) is 4.89. The van der Waals surface area contributed by atoms with Gasteiger partial charge in [0.1, 0.15) is 11.5 Å². The fourth-order valence-electron chi connectivity index (χ4n) is 3.22. The molecular weight excluding hydrogens is 357 g/mol. The van der Waals surface area contributed by atoms with E-state index in [1.807, 2.05) is 41.9 Å². The monoisotopic (exact) mass is 377 g/mol. The molecule has 4 rings (SSSR count). The molecule has 1 amide bonds. The molecule has 0 bridgehead atoms. The number of pyridine rings is 1. The predicted molar refractivity (Wildman–Crippen MR) is 104 cm³/mol. The molecule has 3 heterocycles. The van der Waals surface area contributed by atoms with Crippen molar-refractivity contribution in [1.82, 2.24) is 24.5 Å². The highest BCUT2D eigenvalue weighted by atomic mass is 19.1. The van der Waals surface area contributed by atoms with Crippen molar-refractivity contribution in [1.29, 1.82) is 0 Å². The number of imidazole rings is 1. The maximum atomic E-state index is 13.2. The Morgan fingerprint density at radius 3 is 2.75 bits per heavy atom. The van der Waals surface area contributed by atoms with Gasteiger partial charge in [0.05, 0.1) is 28.8 Å². The van der Waals surface area contributed by atoms with Gasteiger partial charge < -0.3 is 9.72 Å². The largest absolute Gasteiger partial charge is 0.352 e. The Hall–Kier alpha value is -3.48. The fraction of sp³-hybridized carbons (Fsp3) is 0.190. The summed E-state index contributed by atoms with van der Waals surface area (Å²) < 4.78 is 16.8. The van der Waals surface area contributed by atoms with Gasteiger partial charge in [0, 0.05) is 25.4 Å². The average Bonchev–Trinajstić information content (AvgIpc) is 3.32. The Morgan fingerprint density at radius 1 is 1.18 bits per heavy atom. The number of rotatable bonds is 6. The van der Waals surface area contributed by atoms with E-state index in [1.165, 1.54) is 12.1 Å². The van der Waals surface area contributed by atoms with Crippen molar-refractivity contribution < 1.29 is 9.18 Å². The van der Waals surface area contributed by atoms with Crippen LogP contribution in [0.3, 0.4) is 0 Å². The molecule has 0 saturated heterocycles. The molecule has 7 heteroatoms. The molecule has 6 nitrogen and oxygen atoms in total. The van der Waals surface area contributed by atoms with Crippen LogP contribution in [0.2, 0.25) is 0 Å². The molecule has 3 aromatic heterocycles. The van der Waals surface area contributed by atoms with Crippen LogP contribution in [-0.4, -0.2) is 31.6 Å². The fourth-order valence-corrected chi connectivity index (χ4v) is 3.22. The van der Waals surface area contributed by atoms with Crippen molar-refractivity contribution in [3.05, 3.63) is 83.8 Å². The molecular formula is C21H20FN5O. The number of hydrogen-bond acceptors (Lipinski definition) is 3. The van der Waals surface area contributed by atoms with Crippen molar-refractivity contribution in [3.63, 3.8) is 0 Å². The first kappa shape index (κ1) is 17.9. The molecule has 0 aliphatic carbocycles. The van der Waals surface area contributed by atoms with E-state index in [-0.39, 0.29) is 11.7 Å². The van der Waals surface area contributed by atoms with Gasteiger partial charge in [-0.15, -0.1) is 0 Å². The number of nitrogens with one attached hydrogen (secondary N) is 1. The summed E-state index contributed by atoms with van der Waals surface area (Å²) in [7, 11) is 0. The van der Waals surface area contributed by atoms with E-state index < -0.39 is 0 Å². The predicted octanol–water partition coefficient (Wildman–Crippen LogP) is 3.19. The second-order valence-electron chi connectivity index (χ2n) is 6.45. The molecule has 142 valence electrons. The Bertz CT molecular complexity index is 1080. The lowest BCUT2D eigenvalue weighted by Crippen LogP contribution is -2.26. The minimum absolute atomic E-state index is 0.172. The zero-order valence-electron chi connectivity index (χ0n) is 15.5. The smallest absolute Gasteiger partial charge is 0.254 e. The second kappa shape index (κ2) is 7.64. The van der Waals surface area contributed by atoms with Crippen LogP contribution in [-0.2, 0) is 12.8 Å². The summed E-state index contributed by atoms with van der Waals surface area (Å²) >= 11 is 0. The molecule has 0 atom stereocenters. The number of hydrogen-bond donors (Lipinski definition) is 1. The molecule has 0 aliphatic rings. The van der Waals surface area contributed by atoms with Crippen LogP contribution >= 0.6 is 0 Å². The third kappa shape index (κ3) is 3.51. The lowest BCUT2D eigenvalue weighted by Gasteiger charge is -2.08. The first-order chi connectivity index (χ1) is 13.7. The maximum absolute atomic E-state index is 13.2. The van der Waals surface area contributed by atoms with Gasteiger partial charge in [-0.1, -0.05) is 13.0 Å². The molecule has 0 aliphatic heterocycles. The van der Waals surface area contributed by atoms with Crippen LogP contribution in [0.5, 0.6) is 0 Å². The normalized spacial score (nSPS) is 11.1. The molecule has 0 radical (unpaired) electrons. The number of carbonyl (C=O) groups is 1. The summed E-state index contributed by atoms with van der Waals surface area (Å²) in [6.07, 6.45) is 6.74. The number of fused-ring (bicyclic) bond motifs is 1. The van der Waals surface area contributed by atoms with E-state index in [9.17, 15) is 9.18 Å². The minimum Gasteiger partial charge on any atom is -0.352 e. The highest BCUT2D eigenvalue weighted by Crippen LogP contribution is 2.16. The van der Waals surface area contributed by atoms with Crippen LogP contribution < -0.4 is 5.32 Å². The van der Waals surface area contributed by atoms with Crippen molar-refractivity contribution in [2.45, 2.75) is 19.8 Å². The molecule has 1 aromatic carbocycles. The van der Waals surface area contributed by atoms with Crippen molar-refractivity contribution in [2.24, 2.45) is 0 Å². The van der Waals surface area contributed by atoms with E-state index in [2.05, 4.69) is 15.4 Å². The number of nitrogens with zero attached hydrogens (tertiary/aromatic N) is 4. The van der Waals surface area contributed by atoms with Crippen LogP contribution in [0, 0.1) is 5.82 Å². The lowest BCUT2D eigenvalue weighted by atomic mass is 10.2. The van der Waals surface area contributed by atoms with Gasteiger partial charge in [0.25, 0.3) is 5.91 Å². The summed E-state index contributed by atoms with van der Waals surface area (Å²) in [5.74, 6) is -0.479. The average molecular weight is 377 g/mol. The second-order valence-corrected chi connectivity index (χ2v) is 6.45. The summed E-state index contributed by atoms with van der Waals surface area (Å²) in [4.78, 5) is 17.2. The zero-order chi connectivity index (χ0) is 19.5. The van der Waals surface area contributed by atoms with Gasteiger partial charge in [-0.05, 0) is 42.8 Å². The standard InChI is InChI=1S/C21H20FN5O/c1-2-19-18(13-24-27(19)17-8-6-15(22)7-9-17)21(28)23-11-10-16-14-26-12-4-3-5-20(26)25-16/h3-9,12-14H,2,10-11H2,1H3,(H,23,28). The number of amides is 1. The van der Waals surface area contributed by atoms with Crippen molar-refractivity contribution >= 4 is 11.6 Å². The Labute approximate surface area is 161 Å². The topological polar surface area (TPSA) is 64.2 Å². The third-order valence-corrected chi connectivity index (χ3v) is 4.60. The van der Waals surface area contributed by atoms with Gasteiger partial charge in [-0.3, -0.25) is 4.79 Å². The molecule has 0 unspecified atom stereocenters. The van der Waals surface area contributed by atoms with Crippen LogP contribution in [0.25, 0.3) is 11.3 Å². The van der Waals surface area contributed by atoms with E-state index in [1.54, 1.807) is 23.0 Å². The quantitative estimate of drug-likeness (QED) is 0.561. The minimum atomic E-state index is -0.307. The first-order valence-corrected chi connectivity index (χ1v) is 9.19. The summed E-state index contributed by atoms with van der Waals surface area (Å²) in [5.41, 5.74) is 3.85. The van der Waals surface area contributed by atoms with Gasteiger partial charge in [0.15, 0.2) is 0 Å².